The molecule has 15 unspecified atom stereocenters. The lowest BCUT2D eigenvalue weighted by Gasteiger charge is -2.58. The van der Waals surface area contributed by atoms with Crippen LogP contribution in [0.3, 0.4) is 0 Å². The van der Waals surface area contributed by atoms with Crippen LogP contribution in [-0.4, -0.2) is 286 Å². The number of ether oxygens (including phenoxy) is 5. The zero-order chi connectivity index (χ0) is 88.8. The smallest absolute Gasteiger partial charge is 0.446 e. The first-order chi connectivity index (χ1) is 58.2. The first-order valence-corrected chi connectivity index (χ1v) is 48.6. The Hall–Kier alpha value is -4.63. The van der Waals surface area contributed by atoms with Crippen molar-refractivity contribution < 1.29 is 130 Å². The summed E-state index contributed by atoms with van der Waals surface area (Å²) in [5, 5.41) is 97.6. The van der Waals surface area contributed by atoms with Crippen molar-refractivity contribution in [1.82, 2.24) is 41.7 Å². The lowest BCUT2D eigenvalue weighted by atomic mass is 9.47. The minimum absolute atomic E-state index is 0.00177. The lowest BCUT2D eigenvalue weighted by Crippen LogP contribution is -2.64. The Morgan fingerprint density at radius 1 is 0.615 bits per heavy atom. The minimum atomic E-state index is -3.81. The van der Waals surface area contributed by atoms with E-state index in [1.165, 1.54) is 74.2 Å². The average Bonchev–Trinajstić information content (AvgIpc) is 1.45. The van der Waals surface area contributed by atoms with Crippen LogP contribution >= 0.6 is 15.0 Å². The molecule has 4 saturated heterocycles. The van der Waals surface area contributed by atoms with Crippen LogP contribution in [0, 0.1) is 46.3 Å². The molecule has 698 valence electrons. The molecule has 15 N–H and O–H groups in total. The summed E-state index contributed by atoms with van der Waals surface area (Å²) >= 11 is 5.14. The van der Waals surface area contributed by atoms with Gasteiger partial charge < -0.3 is 120 Å². The number of unbranched alkanes of at least 4 members (excludes halogenated alkanes) is 7. The third kappa shape index (κ3) is 30.8. The van der Waals surface area contributed by atoms with Gasteiger partial charge in [0, 0.05) is 96.3 Å². The van der Waals surface area contributed by atoms with Gasteiger partial charge in [-0.25, -0.2) is 4.79 Å². The lowest BCUT2D eigenvalue weighted by molar-refractivity contribution is -0.270. The van der Waals surface area contributed by atoms with Crippen molar-refractivity contribution in [2.24, 2.45) is 46.3 Å². The molecule has 0 spiro atoms. The first kappa shape index (κ1) is 103. The van der Waals surface area contributed by atoms with Crippen LogP contribution in [-0.2, 0) is 91.7 Å². The van der Waals surface area contributed by atoms with Crippen molar-refractivity contribution in [3.05, 3.63) is 11.6 Å². The van der Waals surface area contributed by atoms with Gasteiger partial charge in [0.15, 0.2) is 12.6 Å². The summed E-state index contributed by atoms with van der Waals surface area (Å²) in [7, 11) is -2.82. The molecule has 122 heavy (non-hydrogen) atoms. The van der Waals surface area contributed by atoms with Crippen LogP contribution in [0.2, 0.25) is 0 Å². The fourth-order valence-corrected chi connectivity index (χ4v) is 22.0. The summed E-state index contributed by atoms with van der Waals surface area (Å²) in [6.45, 7) is 9.49. The molecule has 7 fully saturated rings. The number of aliphatic hydroxyl groups excluding tert-OH is 8. The Balaban J connectivity index is 0.730. The second kappa shape index (κ2) is 50.9. The van der Waals surface area contributed by atoms with Gasteiger partial charge in [0.1, 0.15) is 73.6 Å². The number of hydrogen-bond acceptors (Lipinski definition) is 27. The third-order valence-corrected chi connectivity index (χ3v) is 29.0. The van der Waals surface area contributed by atoms with E-state index in [2.05, 4.69) is 72.6 Å². The van der Waals surface area contributed by atoms with E-state index in [9.17, 15) is 88.7 Å². The number of fused-ring (bicyclic) bond motifs is 5. The Labute approximate surface area is 725 Å². The number of nitrogens with zero attached hydrogens (tertiary/aromatic N) is 2. The van der Waals surface area contributed by atoms with Crippen molar-refractivity contribution in [1.29, 1.82) is 0 Å². The Bertz CT molecular complexity index is 3420. The second-order valence-corrected chi connectivity index (χ2v) is 39.7. The fourth-order valence-electron chi connectivity index (χ4n) is 20.1. The zero-order valence-corrected chi connectivity index (χ0v) is 75.4. The van der Waals surface area contributed by atoms with E-state index in [1.54, 1.807) is 0 Å². The molecule has 38 heteroatoms. The normalized spacial score (nSPS) is 31.8. The van der Waals surface area contributed by atoms with E-state index in [1.807, 2.05) is 0 Å². The predicted octanol–water partition coefficient (Wildman–Crippen LogP) is 5.26. The highest BCUT2D eigenvalue weighted by atomic mass is 32.5. The standard InChI is InChI=1S/C84H144N8O27P2S/c1-52(2)21-20-22-53(3)63-30-31-64-62-29-28-56-43-60(32-34-83(56,6)65(62)33-35-84(63,64)7)116-82(108)87-38-16-9-11-27-72(102)92-47-61(45-58(92)51-115-121(110,122)114-42-39-93)119-120(109)113-50-57-44-59(98)46-91(57)71(101)26-10-8-15-37-86-79(107)66(90-70(100)25-14-19-41-112-81-74(89-55(5)97)78(106)76(104)68(49-95)118-81)23-12-17-36-85-69(99)24-13-18-40-111-80-73(88-54(4)96)77(105)75(103)67(48-94)117-80/h28,52-53,57-68,73-78,80-81,93-95,98,103-106H,8-27,29-51H2,1-7H3,(H6-,85,86,87,88,89,90,96,97,99,100,107,108,110,122)/p+1/t53-,57+,58+,59-,60+,61-,62?,63-,64?,65?,66+,67?,68?,73?,74?,75?,76?,77?,78?,80?,81?,83+,84-,121?/m1/s1. The van der Waals surface area contributed by atoms with Crippen molar-refractivity contribution in [2.45, 2.75) is 339 Å². The molecule has 4 aliphatic carbocycles. The number of allylic oxidation sites excluding steroid dienone is 1. The molecule has 25 atom stereocenters. The largest absolute Gasteiger partial charge is 0.697 e. The molecule has 3 saturated carbocycles. The summed E-state index contributed by atoms with van der Waals surface area (Å²) in [5.74, 6) is 1.81. The predicted molar refractivity (Wildman–Crippen MR) is 451 cm³/mol. The average molecular weight is 1790 g/mol. The van der Waals surface area contributed by atoms with Gasteiger partial charge >= 0.3 is 21.1 Å². The molecule has 4 aliphatic heterocycles. The zero-order valence-electron chi connectivity index (χ0n) is 72.8. The van der Waals surface area contributed by atoms with E-state index in [0.29, 0.717) is 88.5 Å². The third-order valence-electron chi connectivity index (χ3n) is 26.6. The topological polar surface area (TPSA) is 497 Å². The number of hydrogen-bond donors (Lipinski definition) is 15. The molecule has 35 nitrogen and oxygen atoms in total. The van der Waals surface area contributed by atoms with Gasteiger partial charge in [-0.2, -0.15) is 0 Å². The van der Waals surface area contributed by atoms with Crippen molar-refractivity contribution >= 4 is 74.2 Å². The minimum Gasteiger partial charge on any atom is -0.446 e. The Morgan fingerprint density at radius 3 is 1.80 bits per heavy atom. The highest BCUT2D eigenvalue weighted by molar-refractivity contribution is 8.07. The SMILES string of the molecule is CC(=O)NC1C(OCCCCC(=O)NCCCC[C@H](NC(=O)CCCCOC2OC(CO)C(O)C(O)C2NC(C)=O)C(=O)NCCCCCC(=O)N2C[C@H](O)C[C@H]2CO[P+](=O)O[C@@H]2C[C@@H](COP(O)(=S)OCCO)N(C(=O)CCCCCNC(=O)O[C@H]3CC[C@@]4(C)C(=CCC5C4CC[C@@]4(C)C5CC[C@@H]4[C@H](C)CCCC(C)C)C3)C2)OC(CO)C(O)C1O. The summed E-state index contributed by atoms with van der Waals surface area (Å²) in [6, 6.07) is -4.54. The van der Waals surface area contributed by atoms with Crippen molar-refractivity contribution in [2.75, 3.05) is 85.6 Å². The van der Waals surface area contributed by atoms with Gasteiger partial charge in [-0.15, -0.1) is 9.05 Å². The van der Waals surface area contributed by atoms with Gasteiger partial charge in [0.2, 0.25) is 41.4 Å². The Morgan fingerprint density at radius 2 is 1.20 bits per heavy atom. The van der Waals surface area contributed by atoms with Gasteiger partial charge in [0.05, 0.1) is 57.8 Å². The number of carbonyl (C=O) groups excluding carboxylic acids is 8. The second-order valence-electron chi connectivity index (χ2n) is 36.0. The molecular weight excluding hydrogens is 1650 g/mol. The molecule has 8 amide bonds. The van der Waals surface area contributed by atoms with Gasteiger partial charge in [0.25, 0.3) is 0 Å². The van der Waals surface area contributed by atoms with Gasteiger partial charge in [-0.05, 0) is 180 Å². The highest BCUT2D eigenvalue weighted by Gasteiger charge is 2.60. The van der Waals surface area contributed by atoms with E-state index in [0.717, 1.165) is 55.3 Å². The maximum Gasteiger partial charge on any atom is 0.697 e. The van der Waals surface area contributed by atoms with Crippen molar-refractivity contribution in [3.8, 4) is 0 Å². The molecular formula is C84H145N8O27P2S+. The number of rotatable bonds is 52. The number of amides is 8. The van der Waals surface area contributed by atoms with E-state index >= 15 is 0 Å². The number of aliphatic hydroxyl groups is 8. The summed E-state index contributed by atoms with van der Waals surface area (Å²) in [6.07, 6.45) is 8.75. The molecule has 0 aromatic rings. The molecule has 8 aliphatic rings. The monoisotopic (exact) mass is 1790 g/mol. The van der Waals surface area contributed by atoms with E-state index in [4.69, 9.17) is 53.6 Å². The molecule has 0 aromatic heterocycles. The number of carbonyl (C=O) groups is 8. The first-order valence-electron chi connectivity index (χ1n) is 45.0. The van der Waals surface area contributed by atoms with Crippen LogP contribution in [0.5, 0.6) is 0 Å². The number of β-amino-alcohol motifs (C(OH)–C–C–N with tert-alkyl or cyclic N) is 1. The van der Waals surface area contributed by atoms with E-state index < -0.39 is 156 Å². The quantitative estimate of drug-likeness (QED) is 0.0210. The molecule has 0 bridgehead atoms. The molecule has 0 radical (unpaired) electrons. The van der Waals surface area contributed by atoms with Crippen LogP contribution in [0.25, 0.3) is 0 Å². The van der Waals surface area contributed by atoms with Crippen LogP contribution in [0.1, 0.15) is 241 Å². The number of likely N-dealkylation sites (tertiary alicyclic amines) is 2. The molecule has 0 aromatic carbocycles. The fraction of sp³-hybridized carbons (Fsp3) is 0.881. The maximum absolute atomic E-state index is 13.9. The highest BCUT2D eigenvalue weighted by Crippen LogP contribution is 2.67. The molecule has 8 rings (SSSR count). The summed E-state index contributed by atoms with van der Waals surface area (Å²) in [5.41, 5.74) is 2.03. The van der Waals surface area contributed by atoms with Crippen LogP contribution < -0.4 is 31.9 Å². The van der Waals surface area contributed by atoms with Gasteiger partial charge in [-0.1, -0.05) is 78.4 Å². The van der Waals surface area contributed by atoms with E-state index in [-0.39, 0.29) is 140 Å². The summed E-state index contributed by atoms with van der Waals surface area (Å²) < 4.78 is 64.7. The number of alkyl carbamates (subject to hydrolysis) is 1. The van der Waals surface area contributed by atoms with Crippen LogP contribution in [0.4, 0.5) is 4.79 Å². The Kier molecular flexibility index (Phi) is 42.9. The molecule has 4 heterocycles. The van der Waals surface area contributed by atoms with Crippen LogP contribution in [0.15, 0.2) is 11.6 Å². The van der Waals surface area contributed by atoms with Gasteiger partial charge in [-0.3, -0.25) is 33.6 Å². The van der Waals surface area contributed by atoms with Crippen molar-refractivity contribution in [3.63, 3.8) is 0 Å². The number of nitrogens with one attached hydrogen (secondary N) is 6. The summed E-state index contributed by atoms with van der Waals surface area (Å²) in [4.78, 5) is 118. The maximum atomic E-state index is 13.9.